The number of aromatic nitrogens is 2. The third-order valence-corrected chi connectivity index (χ3v) is 3.31. The minimum absolute atomic E-state index is 0.187. The number of aryl methyl sites for hydroxylation is 1. The summed E-state index contributed by atoms with van der Waals surface area (Å²) in [6.45, 7) is 4.53. The molecule has 2 aromatic heterocycles. The zero-order valence-electron chi connectivity index (χ0n) is 12.2. The summed E-state index contributed by atoms with van der Waals surface area (Å²) in [6, 6.07) is 7.07. The van der Waals surface area contributed by atoms with Crippen LogP contribution in [0.1, 0.15) is 23.0 Å². The summed E-state index contributed by atoms with van der Waals surface area (Å²) >= 11 is 6.04. The van der Waals surface area contributed by atoms with Crippen molar-refractivity contribution in [3.8, 4) is 0 Å². The van der Waals surface area contributed by atoms with Gasteiger partial charge in [0.2, 0.25) is 0 Å². The fourth-order valence-corrected chi connectivity index (χ4v) is 2.20. The van der Waals surface area contributed by atoms with Crippen molar-refractivity contribution in [2.75, 3.05) is 23.8 Å². The number of rotatable bonds is 4. The number of hydrogen-bond acceptors (Lipinski definition) is 4. The third-order valence-electron chi connectivity index (χ3n) is 3.01. The molecule has 0 aliphatic rings. The number of pyridine rings is 2. The summed E-state index contributed by atoms with van der Waals surface area (Å²) in [4.78, 5) is 22.5. The molecule has 2 heterocycles. The zero-order chi connectivity index (χ0) is 15.4. The Morgan fingerprint density at radius 1 is 1.38 bits per heavy atom. The first-order valence-corrected chi connectivity index (χ1v) is 7.02. The van der Waals surface area contributed by atoms with Gasteiger partial charge in [0.05, 0.1) is 11.3 Å². The standard InChI is InChI=1S/C15H17ClN4O/c1-4-17-14-11(8-7-10(2)19-14)15(21)20(3)12-6-5-9-18-13(12)16/h5-9H,4H2,1-3H3,(H,17,19). The average molecular weight is 305 g/mol. The molecule has 0 atom stereocenters. The van der Waals surface area contributed by atoms with Crippen molar-refractivity contribution in [2.45, 2.75) is 13.8 Å². The summed E-state index contributed by atoms with van der Waals surface area (Å²) < 4.78 is 0. The normalized spacial score (nSPS) is 10.3. The molecule has 0 aliphatic heterocycles. The van der Waals surface area contributed by atoms with Gasteiger partial charge in [-0.3, -0.25) is 4.79 Å². The van der Waals surface area contributed by atoms with Gasteiger partial charge in [-0.25, -0.2) is 9.97 Å². The van der Waals surface area contributed by atoms with Crippen LogP contribution in [0.15, 0.2) is 30.5 Å². The Morgan fingerprint density at radius 3 is 2.81 bits per heavy atom. The highest BCUT2D eigenvalue weighted by atomic mass is 35.5. The van der Waals surface area contributed by atoms with Crippen LogP contribution in [0.25, 0.3) is 0 Å². The van der Waals surface area contributed by atoms with E-state index in [0.717, 1.165) is 5.69 Å². The van der Waals surface area contributed by atoms with E-state index in [1.807, 2.05) is 19.9 Å². The number of halogens is 1. The summed E-state index contributed by atoms with van der Waals surface area (Å²) in [5.74, 6) is 0.391. The minimum atomic E-state index is -0.187. The van der Waals surface area contributed by atoms with Crippen LogP contribution in [-0.2, 0) is 0 Å². The maximum Gasteiger partial charge on any atom is 0.261 e. The van der Waals surface area contributed by atoms with Crippen LogP contribution < -0.4 is 10.2 Å². The second-order valence-electron chi connectivity index (χ2n) is 4.56. The van der Waals surface area contributed by atoms with Gasteiger partial charge < -0.3 is 10.2 Å². The average Bonchev–Trinajstić information content (AvgIpc) is 2.47. The Balaban J connectivity index is 2.38. The van der Waals surface area contributed by atoms with Crippen LogP contribution in [0, 0.1) is 6.92 Å². The van der Waals surface area contributed by atoms with E-state index < -0.39 is 0 Å². The van der Waals surface area contributed by atoms with E-state index in [1.165, 1.54) is 4.90 Å². The molecule has 2 rings (SSSR count). The van der Waals surface area contributed by atoms with Crippen LogP contribution in [0.3, 0.4) is 0 Å². The van der Waals surface area contributed by atoms with Crippen molar-refractivity contribution < 1.29 is 4.79 Å². The topological polar surface area (TPSA) is 58.1 Å². The van der Waals surface area contributed by atoms with Gasteiger partial charge in [0.1, 0.15) is 5.82 Å². The molecule has 5 nitrogen and oxygen atoms in total. The highest BCUT2D eigenvalue weighted by molar-refractivity contribution is 6.32. The Bertz CT molecular complexity index is 660. The van der Waals surface area contributed by atoms with Gasteiger partial charge in [0, 0.05) is 25.5 Å². The molecule has 0 aromatic carbocycles. The molecule has 1 N–H and O–H groups in total. The summed E-state index contributed by atoms with van der Waals surface area (Å²) in [7, 11) is 1.67. The van der Waals surface area contributed by atoms with Gasteiger partial charge in [0.25, 0.3) is 5.91 Å². The molecule has 0 fully saturated rings. The van der Waals surface area contributed by atoms with Crippen LogP contribution in [0.2, 0.25) is 5.15 Å². The van der Waals surface area contributed by atoms with Crippen molar-refractivity contribution in [3.63, 3.8) is 0 Å². The monoisotopic (exact) mass is 304 g/mol. The number of amides is 1. The minimum Gasteiger partial charge on any atom is -0.370 e. The highest BCUT2D eigenvalue weighted by Gasteiger charge is 2.20. The van der Waals surface area contributed by atoms with Crippen molar-refractivity contribution in [3.05, 3.63) is 46.9 Å². The van der Waals surface area contributed by atoms with E-state index >= 15 is 0 Å². The summed E-state index contributed by atoms with van der Waals surface area (Å²) in [5, 5.41) is 3.40. The Labute approximate surface area is 129 Å². The number of nitrogens with one attached hydrogen (secondary N) is 1. The number of carbonyl (C=O) groups excluding carboxylic acids is 1. The smallest absolute Gasteiger partial charge is 0.261 e. The quantitative estimate of drug-likeness (QED) is 0.882. The molecular formula is C15H17ClN4O. The zero-order valence-corrected chi connectivity index (χ0v) is 13.0. The van der Waals surface area contributed by atoms with E-state index in [9.17, 15) is 4.79 Å². The molecule has 6 heteroatoms. The van der Waals surface area contributed by atoms with E-state index in [2.05, 4.69) is 15.3 Å². The van der Waals surface area contributed by atoms with Gasteiger partial charge >= 0.3 is 0 Å². The SMILES string of the molecule is CCNc1nc(C)ccc1C(=O)N(C)c1cccnc1Cl. The largest absolute Gasteiger partial charge is 0.370 e. The molecule has 0 radical (unpaired) electrons. The lowest BCUT2D eigenvalue weighted by Crippen LogP contribution is -2.28. The van der Waals surface area contributed by atoms with E-state index in [-0.39, 0.29) is 5.91 Å². The lowest BCUT2D eigenvalue weighted by Gasteiger charge is -2.19. The van der Waals surface area contributed by atoms with Gasteiger partial charge in [-0.05, 0) is 38.1 Å². The first kappa shape index (κ1) is 15.3. The van der Waals surface area contributed by atoms with Crippen molar-refractivity contribution in [1.29, 1.82) is 0 Å². The van der Waals surface area contributed by atoms with Crippen LogP contribution in [-0.4, -0.2) is 29.5 Å². The first-order chi connectivity index (χ1) is 10.0. The molecule has 0 bridgehead atoms. The fourth-order valence-electron chi connectivity index (χ4n) is 1.95. The number of hydrogen-bond donors (Lipinski definition) is 1. The predicted molar refractivity (Wildman–Crippen MR) is 85.1 cm³/mol. The van der Waals surface area contributed by atoms with Gasteiger partial charge in [-0.2, -0.15) is 0 Å². The molecule has 0 saturated heterocycles. The lowest BCUT2D eigenvalue weighted by molar-refractivity contribution is 0.0993. The summed E-state index contributed by atoms with van der Waals surface area (Å²) in [5.41, 5.74) is 1.92. The Kier molecular flexibility index (Phi) is 4.75. The van der Waals surface area contributed by atoms with Crippen LogP contribution in [0.5, 0.6) is 0 Å². The molecule has 0 aliphatic carbocycles. The Morgan fingerprint density at radius 2 is 2.14 bits per heavy atom. The predicted octanol–water partition coefficient (Wildman–Crippen LogP) is 3.15. The van der Waals surface area contributed by atoms with Crippen LogP contribution >= 0.6 is 11.6 Å². The number of carbonyl (C=O) groups is 1. The molecule has 21 heavy (non-hydrogen) atoms. The van der Waals surface area contributed by atoms with Crippen molar-refractivity contribution in [2.24, 2.45) is 0 Å². The molecule has 0 spiro atoms. The third kappa shape index (κ3) is 3.31. The maximum absolute atomic E-state index is 12.7. The summed E-state index contributed by atoms with van der Waals surface area (Å²) in [6.07, 6.45) is 1.58. The van der Waals surface area contributed by atoms with E-state index in [1.54, 1.807) is 31.4 Å². The van der Waals surface area contributed by atoms with Gasteiger partial charge in [-0.1, -0.05) is 11.6 Å². The van der Waals surface area contributed by atoms with Gasteiger partial charge in [-0.15, -0.1) is 0 Å². The van der Waals surface area contributed by atoms with Crippen LogP contribution in [0.4, 0.5) is 11.5 Å². The highest BCUT2D eigenvalue weighted by Crippen LogP contribution is 2.25. The maximum atomic E-state index is 12.7. The molecule has 110 valence electrons. The Hall–Kier alpha value is -2.14. The fraction of sp³-hybridized carbons (Fsp3) is 0.267. The van der Waals surface area contributed by atoms with E-state index in [0.29, 0.717) is 28.8 Å². The molecule has 1 amide bonds. The molecule has 0 unspecified atom stereocenters. The lowest BCUT2D eigenvalue weighted by atomic mass is 10.2. The van der Waals surface area contributed by atoms with Gasteiger partial charge in [0.15, 0.2) is 5.15 Å². The molecular weight excluding hydrogens is 288 g/mol. The second kappa shape index (κ2) is 6.54. The molecule has 0 saturated carbocycles. The first-order valence-electron chi connectivity index (χ1n) is 6.64. The number of anilines is 2. The number of nitrogens with zero attached hydrogens (tertiary/aromatic N) is 3. The second-order valence-corrected chi connectivity index (χ2v) is 4.91. The molecule has 2 aromatic rings. The van der Waals surface area contributed by atoms with Crippen molar-refractivity contribution >= 4 is 29.0 Å². The van der Waals surface area contributed by atoms with E-state index in [4.69, 9.17) is 11.6 Å². The van der Waals surface area contributed by atoms with Crippen molar-refractivity contribution in [1.82, 2.24) is 9.97 Å².